The van der Waals surface area contributed by atoms with Gasteiger partial charge in [0.25, 0.3) is 0 Å². The van der Waals surface area contributed by atoms with Gasteiger partial charge in [-0.2, -0.15) is 25.3 Å². The van der Waals surface area contributed by atoms with Gasteiger partial charge >= 0.3 is 0 Å². The molecule has 0 aromatic rings. The Bertz CT molecular complexity index is 351. The van der Waals surface area contributed by atoms with E-state index >= 15 is 0 Å². The Hall–Kier alpha value is 0.440. The molecule has 0 aromatic carbocycles. The summed E-state index contributed by atoms with van der Waals surface area (Å²) < 4.78 is 0. The molecule has 0 aromatic heterocycles. The first-order valence-corrected chi connectivity index (χ1v) is 8.32. The van der Waals surface area contributed by atoms with Crippen molar-refractivity contribution in [3.63, 3.8) is 0 Å². The fourth-order valence-corrected chi connectivity index (χ4v) is 6.64. The van der Waals surface area contributed by atoms with E-state index in [0.717, 1.165) is 35.5 Å². The van der Waals surface area contributed by atoms with Crippen LogP contribution in [-0.2, 0) is 0 Å². The number of hydrogen-bond acceptors (Lipinski definition) is 2. The van der Waals surface area contributed by atoms with Crippen molar-refractivity contribution < 1.29 is 0 Å². The average Bonchev–Trinajstić information content (AvgIpc) is 2.93. The summed E-state index contributed by atoms with van der Waals surface area (Å²) in [6.45, 7) is 0. The third-order valence-corrected chi connectivity index (χ3v) is 7.24. The van der Waals surface area contributed by atoms with Crippen LogP contribution in [0, 0.1) is 35.5 Å². The molecule has 94 valence electrons. The van der Waals surface area contributed by atoms with Crippen molar-refractivity contribution in [2.45, 2.75) is 42.6 Å². The van der Waals surface area contributed by atoms with Gasteiger partial charge < -0.3 is 0 Å². The lowest BCUT2D eigenvalue weighted by molar-refractivity contribution is 0.129. The Morgan fingerprint density at radius 1 is 0.882 bits per heavy atom. The van der Waals surface area contributed by atoms with E-state index in [1.54, 1.807) is 0 Å². The minimum absolute atomic E-state index is 0.642. The first kappa shape index (κ1) is 11.3. The van der Waals surface area contributed by atoms with Crippen LogP contribution in [0.25, 0.3) is 0 Å². The van der Waals surface area contributed by atoms with Gasteiger partial charge in [-0.25, -0.2) is 0 Å². The molecule has 0 heterocycles. The van der Waals surface area contributed by atoms with Crippen molar-refractivity contribution in [2.24, 2.45) is 35.5 Å². The number of allylic oxidation sites excluding steroid dienone is 2. The molecule has 17 heavy (non-hydrogen) atoms. The topological polar surface area (TPSA) is 0 Å². The number of rotatable bonds is 0. The SMILES string of the molecule is SC1CCC(S)C2C(C1)C1CC2C2CC=CC12. The summed E-state index contributed by atoms with van der Waals surface area (Å²) in [6.07, 6.45) is 11.8. The summed E-state index contributed by atoms with van der Waals surface area (Å²) in [6, 6.07) is 0. The molecule has 4 aliphatic carbocycles. The van der Waals surface area contributed by atoms with E-state index in [1.807, 2.05) is 0 Å². The molecular formula is C15H22S2. The van der Waals surface area contributed by atoms with Crippen LogP contribution >= 0.6 is 25.3 Å². The van der Waals surface area contributed by atoms with E-state index in [1.165, 1.54) is 32.1 Å². The maximum Gasteiger partial charge on any atom is 0.00509 e. The zero-order chi connectivity index (χ0) is 11.6. The first-order chi connectivity index (χ1) is 8.25. The maximum absolute atomic E-state index is 4.95. The number of fused-ring (bicyclic) bond motifs is 8. The minimum Gasteiger partial charge on any atom is -0.176 e. The fraction of sp³-hybridized carbons (Fsp3) is 0.867. The standard InChI is InChI=1S/C15H22S2/c16-8-4-5-14(17)15-12(6-8)11-7-13(15)10-3-1-2-9(10)11/h1-2,8-17H,3-7H2. The van der Waals surface area contributed by atoms with Crippen LogP contribution in [0.3, 0.4) is 0 Å². The highest BCUT2D eigenvalue weighted by molar-refractivity contribution is 7.81. The van der Waals surface area contributed by atoms with Gasteiger partial charge in [-0.05, 0) is 67.6 Å². The van der Waals surface area contributed by atoms with E-state index in [4.69, 9.17) is 25.3 Å². The Kier molecular flexibility index (Phi) is 2.63. The van der Waals surface area contributed by atoms with Crippen LogP contribution in [0.2, 0.25) is 0 Å². The minimum atomic E-state index is 0.642. The van der Waals surface area contributed by atoms with Gasteiger partial charge in [0.15, 0.2) is 0 Å². The molecule has 8 unspecified atom stereocenters. The maximum atomic E-state index is 4.95. The third-order valence-electron chi connectivity index (χ3n) is 6.17. The van der Waals surface area contributed by atoms with Crippen LogP contribution in [0.15, 0.2) is 12.2 Å². The highest BCUT2D eigenvalue weighted by atomic mass is 32.1. The Balaban J connectivity index is 1.68. The second kappa shape index (κ2) is 3.96. The summed E-state index contributed by atoms with van der Waals surface area (Å²) in [7, 11) is 0. The predicted octanol–water partition coefficient (Wildman–Crippen LogP) is 3.84. The monoisotopic (exact) mass is 266 g/mol. The first-order valence-electron chi connectivity index (χ1n) is 7.28. The Labute approximate surface area is 115 Å². The quantitative estimate of drug-likeness (QED) is 0.483. The van der Waals surface area contributed by atoms with Crippen molar-refractivity contribution in [3.8, 4) is 0 Å². The molecule has 3 saturated carbocycles. The molecule has 8 atom stereocenters. The van der Waals surface area contributed by atoms with Gasteiger partial charge in [-0.1, -0.05) is 12.2 Å². The molecule has 4 aliphatic rings. The van der Waals surface area contributed by atoms with Gasteiger partial charge in [0.05, 0.1) is 0 Å². The van der Waals surface area contributed by atoms with E-state index in [9.17, 15) is 0 Å². The summed E-state index contributed by atoms with van der Waals surface area (Å²) in [5.74, 6) is 5.76. The lowest BCUT2D eigenvalue weighted by Gasteiger charge is -2.40. The van der Waals surface area contributed by atoms with Crippen molar-refractivity contribution in [1.82, 2.24) is 0 Å². The van der Waals surface area contributed by atoms with Crippen molar-refractivity contribution in [2.75, 3.05) is 0 Å². The Morgan fingerprint density at radius 3 is 2.59 bits per heavy atom. The van der Waals surface area contributed by atoms with Crippen LogP contribution in [0.1, 0.15) is 32.1 Å². The predicted molar refractivity (Wildman–Crippen MR) is 78.7 cm³/mol. The van der Waals surface area contributed by atoms with Crippen LogP contribution in [-0.4, -0.2) is 10.5 Å². The van der Waals surface area contributed by atoms with E-state index in [-0.39, 0.29) is 0 Å². The molecule has 0 radical (unpaired) electrons. The van der Waals surface area contributed by atoms with E-state index in [0.29, 0.717) is 10.5 Å². The Morgan fingerprint density at radius 2 is 1.71 bits per heavy atom. The normalized spacial score (nSPS) is 60.1. The number of hydrogen-bond donors (Lipinski definition) is 2. The fourth-order valence-electron chi connectivity index (χ4n) is 5.66. The highest BCUT2D eigenvalue weighted by Crippen LogP contribution is 2.65. The smallest absolute Gasteiger partial charge is 0.00509 e. The molecule has 0 aliphatic heterocycles. The van der Waals surface area contributed by atoms with E-state index < -0.39 is 0 Å². The summed E-state index contributed by atoms with van der Waals surface area (Å²) in [5.41, 5.74) is 0. The summed E-state index contributed by atoms with van der Waals surface area (Å²) in [4.78, 5) is 0. The summed E-state index contributed by atoms with van der Waals surface area (Å²) >= 11 is 9.75. The van der Waals surface area contributed by atoms with Gasteiger partial charge in [-0.3, -0.25) is 0 Å². The molecule has 4 rings (SSSR count). The van der Waals surface area contributed by atoms with Gasteiger partial charge in [0.2, 0.25) is 0 Å². The largest absolute Gasteiger partial charge is 0.176 e. The van der Waals surface area contributed by atoms with Gasteiger partial charge in [-0.15, -0.1) is 0 Å². The van der Waals surface area contributed by atoms with Crippen LogP contribution < -0.4 is 0 Å². The van der Waals surface area contributed by atoms with Crippen molar-refractivity contribution in [3.05, 3.63) is 12.2 Å². The molecule has 2 bridgehead atoms. The van der Waals surface area contributed by atoms with Crippen molar-refractivity contribution in [1.29, 1.82) is 0 Å². The molecule has 0 N–H and O–H groups in total. The molecule has 0 nitrogen and oxygen atoms in total. The summed E-state index contributed by atoms with van der Waals surface area (Å²) in [5, 5.41) is 1.30. The zero-order valence-corrected chi connectivity index (χ0v) is 12.0. The highest BCUT2D eigenvalue weighted by Gasteiger charge is 2.59. The van der Waals surface area contributed by atoms with Crippen molar-refractivity contribution >= 4 is 25.3 Å². The lowest BCUT2D eigenvalue weighted by atomic mass is 9.67. The molecule has 0 amide bonds. The molecule has 0 saturated heterocycles. The zero-order valence-electron chi connectivity index (χ0n) is 10.2. The molecular weight excluding hydrogens is 244 g/mol. The molecule has 3 fully saturated rings. The second-order valence-corrected chi connectivity index (χ2v) is 8.14. The van der Waals surface area contributed by atoms with Gasteiger partial charge in [0, 0.05) is 10.5 Å². The van der Waals surface area contributed by atoms with E-state index in [2.05, 4.69) is 12.2 Å². The average molecular weight is 266 g/mol. The molecule has 0 spiro atoms. The lowest BCUT2D eigenvalue weighted by Crippen LogP contribution is -2.36. The van der Waals surface area contributed by atoms with Crippen LogP contribution in [0.5, 0.6) is 0 Å². The third kappa shape index (κ3) is 1.52. The second-order valence-electron chi connectivity index (χ2n) is 6.74. The van der Waals surface area contributed by atoms with Crippen LogP contribution in [0.4, 0.5) is 0 Å². The number of thiol groups is 2. The molecule has 2 heteroatoms. The van der Waals surface area contributed by atoms with Gasteiger partial charge in [0.1, 0.15) is 0 Å².